The minimum Gasteiger partial charge on any atom is -0.396 e. The molecule has 0 aliphatic heterocycles. The molecular weight excluding hydrogens is 320 g/mol. The van der Waals surface area contributed by atoms with Crippen LogP contribution in [0.25, 0.3) is 0 Å². The van der Waals surface area contributed by atoms with Crippen molar-refractivity contribution in [3.8, 4) is 0 Å². The molecule has 0 aliphatic carbocycles. The molecule has 1 aromatic rings. The molecular formula is C15H25BrN2O2. The fourth-order valence-electron chi connectivity index (χ4n) is 2.00. The zero-order valence-electron chi connectivity index (χ0n) is 12.4. The van der Waals surface area contributed by atoms with Gasteiger partial charge in [0.1, 0.15) is 0 Å². The Bertz CT molecular complexity index is 388. The first kappa shape index (κ1) is 17.4. The number of benzene rings is 1. The van der Waals surface area contributed by atoms with Gasteiger partial charge in [-0.05, 0) is 31.0 Å². The number of hydrogen-bond acceptors (Lipinski definition) is 4. The lowest BCUT2D eigenvalue weighted by Gasteiger charge is -2.23. The topological polar surface area (TPSA) is 44.7 Å². The highest BCUT2D eigenvalue weighted by Crippen LogP contribution is 2.24. The van der Waals surface area contributed by atoms with Gasteiger partial charge in [0.05, 0.1) is 6.61 Å². The van der Waals surface area contributed by atoms with Crippen molar-refractivity contribution in [3.05, 3.63) is 28.2 Å². The number of anilines is 1. The third kappa shape index (κ3) is 5.79. The molecule has 0 heterocycles. The van der Waals surface area contributed by atoms with Crippen molar-refractivity contribution in [2.24, 2.45) is 0 Å². The molecule has 0 aromatic heterocycles. The molecule has 0 atom stereocenters. The predicted molar refractivity (Wildman–Crippen MR) is 87.3 cm³/mol. The molecule has 20 heavy (non-hydrogen) atoms. The van der Waals surface area contributed by atoms with Crippen molar-refractivity contribution in [1.29, 1.82) is 0 Å². The summed E-state index contributed by atoms with van der Waals surface area (Å²) in [4.78, 5) is 2.27. The van der Waals surface area contributed by atoms with Gasteiger partial charge in [-0.2, -0.15) is 0 Å². The van der Waals surface area contributed by atoms with Crippen LogP contribution in [-0.4, -0.2) is 45.1 Å². The number of ether oxygens (including phenoxy) is 1. The van der Waals surface area contributed by atoms with Gasteiger partial charge in [0, 0.05) is 50.1 Å². The molecule has 4 nitrogen and oxygen atoms in total. The van der Waals surface area contributed by atoms with Crippen molar-refractivity contribution in [1.82, 2.24) is 5.32 Å². The van der Waals surface area contributed by atoms with Crippen LogP contribution in [0.3, 0.4) is 0 Å². The molecule has 1 aromatic carbocycles. The maximum atomic E-state index is 8.94. The molecule has 0 amide bonds. The van der Waals surface area contributed by atoms with Crippen LogP contribution in [0.5, 0.6) is 0 Å². The van der Waals surface area contributed by atoms with Crippen LogP contribution in [0.15, 0.2) is 22.7 Å². The molecule has 1 rings (SSSR count). The summed E-state index contributed by atoms with van der Waals surface area (Å²) in [5.74, 6) is 0. The molecule has 5 heteroatoms. The summed E-state index contributed by atoms with van der Waals surface area (Å²) >= 11 is 3.63. The lowest BCUT2D eigenvalue weighted by Crippen LogP contribution is -2.24. The Morgan fingerprint density at radius 3 is 2.80 bits per heavy atom. The molecule has 0 bridgehead atoms. The normalized spacial score (nSPS) is 10.8. The van der Waals surface area contributed by atoms with Crippen molar-refractivity contribution in [3.63, 3.8) is 0 Å². The Morgan fingerprint density at radius 2 is 2.20 bits per heavy atom. The summed E-state index contributed by atoms with van der Waals surface area (Å²) < 4.78 is 6.12. The van der Waals surface area contributed by atoms with E-state index in [9.17, 15) is 0 Å². The second-order valence-corrected chi connectivity index (χ2v) is 5.46. The Hall–Kier alpha value is -0.620. The van der Waals surface area contributed by atoms with Gasteiger partial charge in [-0.3, -0.25) is 0 Å². The summed E-state index contributed by atoms with van der Waals surface area (Å²) in [6.07, 6.45) is 0.797. The third-order valence-electron chi connectivity index (χ3n) is 3.17. The first-order valence-corrected chi connectivity index (χ1v) is 7.86. The predicted octanol–water partition coefficient (Wildman–Crippen LogP) is 2.39. The zero-order chi connectivity index (χ0) is 14.8. The standard InChI is InChI=1S/C15H25BrN2O2/c1-3-18(8-4-9-19)14-6-5-13(15(16)11-14)12-17-7-10-20-2/h5-6,11,17,19H,3-4,7-10,12H2,1-2H3. The van der Waals surface area contributed by atoms with E-state index < -0.39 is 0 Å². The smallest absolute Gasteiger partial charge is 0.0587 e. The second kappa shape index (κ2) is 10.2. The third-order valence-corrected chi connectivity index (χ3v) is 3.91. The van der Waals surface area contributed by atoms with Crippen LogP contribution >= 0.6 is 15.9 Å². The lowest BCUT2D eigenvalue weighted by molar-refractivity contribution is 0.199. The largest absolute Gasteiger partial charge is 0.396 e. The fourth-order valence-corrected chi connectivity index (χ4v) is 2.51. The van der Waals surface area contributed by atoms with E-state index in [2.05, 4.69) is 51.3 Å². The van der Waals surface area contributed by atoms with E-state index in [0.29, 0.717) is 0 Å². The molecule has 2 N–H and O–H groups in total. The number of nitrogens with one attached hydrogen (secondary N) is 1. The van der Waals surface area contributed by atoms with Crippen LogP contribution in [0.4, 0.5) is 5.69 Å². The first-order chi connectivity index (χ1) is 9.72. The zero-order valence-corrected chi connectivity index (χ0v) is 13.9. The number of hydrogen-bond donors (Lipinski definition) is 2. The van der Waals surface area contributed by atoms with Crippen molar-refractivity contribution < 1.29 is 9.84 Å². The molecule has 0 saturated carbocycles. The number of halogens is 1. The van der Waals surface area contributed by atoms with Crippen molar-refractivity contribution in [2.45, 2.75) is 19.9 Å². The number of rotatable bonds is 10. The number of aliphatic hydroxyl groups is 1. The van der Waals surface area contributed by atoms with Crippen molar-refractivity contribution >= 4 is 21.6 Å². The molecule has 114 valence electrons. The van der Waals surface area contributed by atoms with E-state index in [0.717, 1.165) is 43.7 Å². The van der Waals surface area contributed by atoms with Gasteiger partial charge in [0.25, 0.3) is 0 Å². The van der Waals surface area contributed by atoms with Gasteiger partial charge in [0.15, 0.2) is 0 Å². The number of nitrogens with zero attached hydrogens (tertiary/aromatic N) is 1. The highest BCUT2D eigenvalue weighted by atomic mass is 79.9. The van der Waals surface area contributed by atoms with E-state index in [1.54, 1.807) is 7.11 Å². The summed E-state index contributed by atoms with van der Waals surface area (Å²) in [5, 5.41) is 12.3. The van der Waals surface area contributed by atoms with Gasteiger partial charge in [0.2, 0.25) is 0 Å². The second-order valence-electron chi connectivity index (χ2n) is 4.60. The van der Waals surface area contributed by atoms with E-state index in [4.69, 9.17) is 9.84 Å². The summed E-state index contributed by atoms with van der Waals surface area (Å²) in [5.41, 5.74) is 2.43. The van der Waals surface area contributed by atoms with E-state index >= 15 is 0 Å². The van der Waals surface area contributed by atoms with Crippen LogP contribution in [0, 0.1) is 0 Å². The van der Waals surface area contributed by atoms with E-state index in [1.165, 1.54) is 11.3 Å². The Kier molecular flexibility index (Phi) is 8.85. The summed E-state index contributed by atoms with van der Waals surface area (Å²) in [6, 6.07) is 6.42. The van der Waals surface area contributed by atoms with Gasteiger partial charge >= 0.3 is 0 Å². The highest BCUT2D eigenvalue weighted by Gasteiger charge is 2.07. The maximum Gasteiger partial charge on any atom is 0.0587 e. The fraction of sp³-hybridized carbons (Fsp3) is 0.600. The van der Waals surface area contributed by atoms with Gasteiger partial charge in [-0.1, -0.05) is 22.0 Å². The minimum atomic E-state index is 0.235. The monoisotopic (exact) mass is 344 g/mol. The Balaban J connectivity index is 2.61. The molecule has 0 saturated heterocycles. The van der Waals surface area contributed by atoms with Crippen LogP contribution in [-0.2, 0) is 11.3 Å². The summed E-state index contributed by atoms with van der Waals surface area (Å²) in [6.45, 7) is 6.59. The van der Waals surface area contributed by atoms with Crippen LogP contribution in [0.1, 0.15) is 18.9 Å². The average Bonchev–Trinajstić information content (AvgIpc) is 2.46. The Morgan fingerprint density at radius 1 is 1.40 bits per heavy atom. The maximum absolute atomic E-state index is 8.94. The molecule has 0 spiro atoms. The van der Waals surface area contributed by atoms with E-state index in [1.807, 2.05) is 0 Å². The van der Waals surface area contributed by atoms with Gasteiger partial charge in [-0.15, -0.1) is 0 Å². The number of aliphatic hydroxyl groups excluding tert-OH is 1. The Labute approximate surface area is 130 Å². The van der Waals surface area contributed by atoms with Gasteiger partial charge < -0.3 is 20.1 Å². The first-order valence-electron chi connectivity index (χ1n) is 7.06. The van der Waals surface area contributed by atoms with Crippen LogP contribution < -0.4 is 10.2 Å². The SMILES string of the molecule is CCN(CCCO)c1ccc(CNCCOC)c(Br)c1. The van der Waals surface area contributed by atoms with Crippen molar-refractivity contribution in [2.75, 3.05) is 44.9 Å². The quantitative estimate of drug-likeness (QED) is 0.639. The summed E-state index contributed by atoms with van der Waals surface area (Å²) in [7, 11) is 1.71. The van der Waals surface area contributed by atoms with Gasteiger partial charge in [-0.25, -0.2) is 0 Å². The highest BCUT2D eigenvalue weighted by molar-refractivity contribution is 9.10. The van der Waals surface area contributed by atoms with Crippen LogP contribution in [0.2, 0.25) is 0 Å². The molecule has 0 fully saturated rings. The molecule has 0 unspecified atom stereocenters. The lowest BCUT2D eigenvalue weighted by atomic mass is 10.2. The molecule has 0 radical (unpaired) electrons. The van der Waals surface area contributed by atoms with E-state index in [-0.39, 0.29) is 6.61 Å². The average molecular weight is 345 g/mol. The molecule has 0 aliphatic rings. The number of methoxy groups -OCH3 is 1. The minimum absolute atomic E-state index is 0.235.